The average Bonchev–Trinajstić information content (AvgIpc) is 3.01. The molecule has 2 nitrogen and oxygen atoms in total. The first-order chi connectivity index (χ1) is 15.9. The van der Waals surface area contributed by atoms with Gasteiger partial charge in [0, 0.05) is 19.5 Å². The number of amidine groups is 1. The largest absolute Gasteiger partial charge is 0.352 e. The minimum absolute atomic E-state index is 0.0268. The fourth-order valence-electron chi connectivity index (χ4n) is 4.51. The van der Waals surface area contributed by atoms with Gasteiger partial charge < -0.3 is 4.90 Å². The Bertz CT molecular complexity index is 1170. The molecule has 1 aliphatic heterocycles. The van der Waals surface area contributed by atoms with Crippen LogP contribution in [0.5, 0.6) is 0 Å². The zero-order chi connectivity index (χ0) is 21.6. The highest BCUT2D eigenvalue weighted by molar-refractivity contribution is 5.83. The predicted octanol–water partition coefficient (Wildman–Crippen LogP) is 6.82. The van der Waals surface area contributed by atoms with E-state index in [1.807, 2.05) is 0 Å². The van der Waals surface area contributed by atoms with Crippen molar-refractivity contribution in [2.75, 3.05) is 0 Å². The fraction of sp³-hybridized carbons (Fsp3) is 0.167. The number of aryl methyl sites for hydroxylation is 1. The molecule has 0 amide bonds. The highest BCUT2D eigenvalue weighted by Gasteiger charge is 2.25. The number of hydrogen-bond donors (Lipinski definition) is 0. The first-order valence-corrected chi connectivity index (χ1v) is 11.4. The van der Waals surface area contributed by atoms with Crippen LogP contribution in [0, 0.1) is 0 Å². The molecule has 32 heavy (non-hydrogen) atoms. The van der Waals surface area contributed by atoms with E-state index < -0.39 is 0 Å². The molecule has 158 valence electrons. The molecule has 0 spiro atoms. The van der Waals surface area contributed by atoms with Crippen molar-refractivity contribution in [3.63, 3.8) is 0 Å². The number of hydrogen-bond acceptors (Lipinski definition) is 2. The third-order valence-electron chi connectivity index (χ3n) is 6.17. The van der Waals surface area contributed by atoms with Crippen LogP contribution in [0.15, 0.2) is 120 Å². The summed E-state index contributed by atoms with van der Waals surface area (Å²) < 4.78 is 0. The molecule has 0 fully saturated rings. The van der Waals surface area contributed by atoms with Crippen molar-refractivity contribution in [2.24, 2.45) is 4.99 Å². The first-order valence-electron chi connectivity index (χ1n) is 11.4. The molecule has 0 N–H and O–H groups in total. The quantitative estimate of drug-likeness (QED) is 0.337. The summed E-state index contributed by atoms with van der Waals surface area (Å²) in [6.45, 7) is 1.74. The van der Waals surface area contributed by atoms with E-state index in [0.717, 1.165) is 25.9 Å². The number of fused-ring (bicyclic) bond motifs is 1. The SMILES string of the molecule is c1ccc(CCC2=NC(c3ccccc3)c3ccccc3CN2Cc2ccccc2)cc1. The Morgan fingerprint density at radius 3 is 1.94 bits per heavy atom. The zero-order valence-corrected chi connectivity index (χ0v) is 18.3. The highest BCUT2D eigenvalue weighted by atomic mass is 15.2. The second-order valence-corrected chi connectivity index (χ2v) is 8.38. The van der Waals surface area contributed by atoms with Crippen molar-refractivity contribution in [1.82, 2.24) is 4.90 Å². The molecule has 0 aliphatic carbocycles. The summed E-state index contributed by atoms with van der Waals surface area (Å²) in [4.78, 5) is 7.89. The van der Waals surface area contributed by atoms with Crippen LogP contribution in [-0.4, -0.2) is 10.7 Å². The number of benzene rings is 4. The van der Waals surface area contributed by atoms with E-state index in [1.165, 1.54) is 33.7 Å². The van der Waals surface area contributed by atoms with Crippen LogP contribution < -0.4 is 0 Å². The van der Waals surface area contributed by atoms with Gasteiger partial charge in [0.2, 0.25) is 0 Å². The molecule has 0 saturated carbocycles. The van der Waals surface area contributed by atoms with Crippen molar-refractivity contribution in [1.29, 1.82) is 0 Å². The van der Waals surface area contributed by atoms with Crippen molar-refractivity contribution in [2.45, 2.75) is 32.0 Å². The van der Waals surface area contributed by atoms with Gasteiger partial charge in [0.15, 0.2) is 0 Å². The van der Waals surface area contributed by atoms with Gasteiger partial charge in [-0.1, -0.05) is 115 Å². The third kappa shape index (κ3) is 4.65. The van der Waals surface area contributed by atoms with Gasteiger partial charge in [-0.2, -0.15) is 0 Å². The normalized spacial score (nSPS) is 15.6. The van der Waals surface area contributed by atoms with Gasteiger partial charge in [-0.15, -0.1) is 0 Å². The van der Waals surface area contributed by atoms with E-state index in [2.05, 4.69) is 120 Å². The fourth-order valence-corrected chi connectivity index (χ4v) is 4.51. The molecule has 2 heteroatoms. The topological polar surface area (TPSA) is 15.6 Å². The van der Waals surface area contributed by atoms with E-state index in [-0.39, 0.29) is 6.04 Å². The molecule has 5 rings (SSSR count). The number of aliphatic imine (C=N–C) groups is 1. The maximum Gasteiger partial charge on any atom is 0.102 e. The Morgan fingerprint density at radius 1 is 0.625 bits per heavy atom. The van der Waals surface area contributed by atoms with E-state index in [0.29, 0.717) is 0 Å². The maximum atomic E-state index is 5.42. The van der Waals surface area contributed by atoms with E-state index in [9.17, 15) is 0 Å². The molecule has 1 aliphatic rings. The number of nitrogens with zero attached hydrogens (tertiary/aromatic N) is 2. The molecular weight excluding hydrogens is 388 g/mol. The summed E-state index contributed by atoms with van der Waals surface area (Å²) in [6, 6.07) is 41.0. The summed E-state index contributed by atoms with van der Waals surface area (Å²) in [5.74, 6) is 1.18. The molecule has 0 saturated heterocycles. The summed E-state index contributed by atoms with van der Waals surface area (Å²) in [5.41, 5.74) is 6.59. The number of rotatable bonds is 6. The van der Waals surface area contributed by atoms with Crippen molar-refractivity contribution in [3.05, 3.63) is 143 Å². The summed E-state index contributed by atoms with van der Waals surface area (Å²) in [7, 11) is 0. The van der Waals surface area contributed by atoms with Gasteiger partial charge in [0.05, 0.1) is 0 Å². The smallest absolute Gasteiger partial charge is 0.102 e. The van der Waals surface area contributed by atoms with Gasteiger partial charge in [-0.05, 0) is 34.2 Å². The predicted molar refractivity (Wildman–Crippen MR) is 133 cm³/mol. The van der Waals surface area contributed by atoms with Gasteiger partial charge in [0.25, 0.3) is 0 Å². The van der Waals surface area contributed by atoms with Crippen molar-refractivity contribution >= 4 is 5.84 Å². The van der Waals surface area contributed by atoms with Gasteiger partial charge >= 0.3 is 0 Å². The van der Waals surface area contributed by atoms with E-state index in [4.69, 9.17) is 4.99 Å². The Labute approximate surface area is 190 Å². The summed E-state index contributed by atoms with van der Waals surface area (Å²) in [5, 5.41) is 0. The van der Waals surface area contributed by atoms with Crippen LogP contribution >= 0.6 is 0 Å². The summed E-state index contributed by atoms with van der Waals surface area (Å²) >= 11 is 0. The molecule has 0 aromatic heterocycles. The van der Waals surface area contributed by atoms with Gasteiger partial charge in [-0.25, -0.2) is 0 Å². The van der Waals surface area contributed by atoms with Crippen LogP contribution in [0.3, 0.4) is 0 Å². The van der Waals surface area contributed by atoms with E-state index in [1.54, 1.807) is 0 Å². The minimum Gasteiger partial charge on any atom is -0.352 e. The van der Waals surface area contributed by atoms with Crippen LogP contribution in [0.2, 0.25) is 0 Å². The monoisotopic (exact) mass is 416 g/mol. The first kappa shape index (κ1) is 20.3. The van der Waals surface area contributed by atoms with E-state index >= 15 is 0 Å². The van der Waals surface area contributed by atoms with Crippen LogP contribution in [0.4, 0.5) is 0 Å². The van der Waals surface area contributed by atoms with Crippen LogP contribution in [-0.2, 0) is 19.5 Å². The lowest BCUT2D eigenvalue weighted by atomic mass is 9.95. The average molecular weight is 417 g/mol. The summed E-state index contributed by atoms with van der Waals surface area (Å²) in [6.07, 6.45) is 1.91. The maximum absolute atomic E-state index is 5.42. The minimum atomic E-state index is 0.0268. The molecule has 1 unspecified atom stereocenters. The second kappa shape index (κ2) is 9.65. The third-order valence-corrected chi connectivity index (χ3v) is 6.17. The van der Waals surface area contributed by atoms with Crippen molar-refractivity contribution in [3.8, 4) is 0 Å². The lowest BCUT2D eigenvalue weighted by molar-refractivity contribution is 0.399. The molecule has 1 atom stereocenters. The highest BCUT2D eigenvalue weighted by Crippen LogP contribution is 2.33. The molecule has 4 aromatic rings. The van der Waals surface area contributed by atoms with Gasteiger partial charge in [0.1, 0.15) is 11.9 Å². The van der Waals surface area contributed by atoms with Gasteiger partial charge in [-0.3, -0.25) is 4.99 Å². The Morgan fingerprint density at radius 2 is 1.22 bits per heavy atom. The Balaban J connectivity index is 1.55. The van der Waals surface area contributed by atoms with Crippen LogP contribution in [0.1, 0.15) is 40.3 Å². The zero-order valence-electron chi connectivity index (χ0n) is 18.3. The molecular formula is C30H28N2. The van der Waals surface area contributed by atoms with Crippen molar-refractivity contribution < 1.29 is 0 Å². The molecule has 0 radical (unpaired) electrons. The molecule has 1 heterocycles. The molecule has 4 aromatic carbocycles. The Kier molecular flexibility index (Phi) is 6.11. The molecule has 0 bridgehead atoms. The Hall–Kier alpha value is -3.65. The lowest BCUT2D eigenvalue weighted by Gasteiger charge is -2.26. The standard InChI is InChI=1S/C30H28N2/c1-4-12-24(13-5-1)20-21-29-31-30(26-16-8-3-9-17-26)28-19-11-10-18-27(28)23-32(29)22-25-14-6-2-7-15-25/h1-19,30H,20-23H2. The lowest BCUT2D eigenvalue weighted by Crippen LogP contribution is -2.30. The second-order valence-electron chi connectivity index (χ2n) is 8.38. The van der Waals surface area contributed by atoms with Crippen LogP contribution in [0.25, 0.3) is 0 Å².